The molecule has 0 aliphatic heterocycles. The fourth-order valence-electron chi connectivity index (χ4n) is 3.63. The summed E-state index contributed by atoms with van der Waals surface area (Å²) in [5, 5.41) is 3.35. The van der Waals surface area contributed by atoms with Gasteiger partial charge in [0.05, 0.1) is 5.56 Å². The minimum absolute atomic E-state index is 0.241. The predicted molar refractivity (Wildman–Crippen MR) is 80.4 cm³/mol. The lowest BCUT2D eigenvalue weighted by molar-refractivity contribution is -0.137. The number of hydrogen-bond donors (Lipinski definition) is 1. The van der Waals surface area contributed by atoms with E-state index in [1.54, 1.807) is 6.07 Å². The Hall–Kier alpha value is -1.19. The minimum Gasteiger partial charge on any atom is -0.382 e. The fourth-order valence-corrected chi connectivity index (χ4v) is 3.63. The number of benzene rings is 1. The van der Waals surface area contributed by atoms with Gasteiger partial charge < -0.3 is 5.32 Å². The van der Waals surface area contributed by atoms with Crippen LogP contribution in [0, 0.1) is 18.3 Å². The average molecular weight is 299 g/mol. The lowest BCUT2D eigenvalue weighted by atomic mass is 9.70. The molecule has 4 heteroatoms. The predicted octanol–water partition coefficient (Wildman–Crippen LogP) is 5.64. The van der Waals surface area contributed by atoms with Gasteiger partial charge in [0.1, 0.15) is 0 Å². The van der Waals surface area contributed by atoms with E-state index >= 15 is 0 Å². The van der Waals surface area contributed by atoms with E-state index in [-0.39, 0.29) is 11.5 Å². The third kappa shape index (κ3) is 4.14. The maximum absolute atomic E-state index is 12.8. The zero-order valence-corrected chi connectivity index (χ0v) is 13.1. The average Bonchev–Trinajstić information content (AvgIpc) is 2.27. The molecule has 1 aromatic carbocycles. The summed E-state index contributed by atoms with van der Waals surface area (Å²) in [5.41, 5.74) is 1.13. The zero-order valence-electron chi connectivity index (χ0n) is 13.1. The number of anilines is 1. The van der Waals surface area contributed by atoms with E-state index in [9.17, 15) is 13.2 Å². The molecule has 2 atom stereocenters. The second-order valence-corrected chi connectivity index (χ2v) is 7.28. The summed E-state index contributed by atoms with van der Waals surface area (Å²) in [5.74, 6) is 0.595. The molecule has 1 aliphatic rings. The van der Waals surface area contributed by atoms with E-state index in [1.165, 1.54) is 12.5 Å². The van der Waals surface area contributed by atoms with Crippen LogP contribution in [0.15, 0.2) is 18.2 Å². The second-order valence-electron chi connectivity index (χ2n) is 7.28. The van der Waals surface area contributed by atoms with Crippen LogP contribution >= 0.6 is 0 Å². The van der Waals surface area contributed by atoms with Crippen molar-refractivity contribution < 1.29 is 13.2 Å². The molecule has 0 radical (unpaired) electrons. The lowest BCUT2D eigenvalue weighted by Crippen LogP contribution is -2.35. The van der Waals surface area contributed by atoms with Gasteiger partial charge in [-0.15, -0.1) is 0 Å². The molecule has 1 fully saturated rings. The molecular formula is C17H24F3N. The quantitative estimate of drug-likeness (QED) is 0.745. The van der Waals surface area contributed by atoms with Crippen molar-refractivity contribution in [2.45, 2.75) is 59.2 Å². The monoisotopic (exact) mass is 299 g/mol. The smallest absolute Gasteiger partial charge is 0.382 e. The van der Waals surface area contributed by atoms with E-state index in [1.807, 2.05) is 6.92 Å². The Balaban J connectivity index is 2.19. The van der Waals surface area contributed by atoms with E-state index in [4.69, 9.17) is 0 Å². The largest absolute Gasteiger partial charge is 0.416 e. The van der Waals surface area contributed by atoms with Gasteiger partial charge in [-0.05, 0) is 55.2 Å². The summed E-state index contributed by atoms with van der Waals surface area (Å²) in [7, 11) is 0. The van der Waals surface area contributed by atoms with Gasteiger partial charge in [-0.1, -0.05) is 26.8 Å². The topological polar surface area (TPSA) is 12.0 Å². The Bertz CT molecular complexity index is 505. The van der Waals surface area contributed by atoms with Crippen molar-refractivity contribution >= 4 is 5.69 Å². The number of rotatable bonds is 2. The van der Waals surface area contributed by atoms with Crippen molar-refractivity contribution in [3.63, 3.8) is 0 Å². The van der Waals surface area contributed by atoms with Gasteiger partial charge >= 0.3 is 6.18 Å². The Morgan fingerprint density at radius 2 is 1.86 bits per heavy atom. The molecule has 21 heavy (non-hydrogen) atoms. The van der Waals surface area contributed by atoms with Gasteiger partial charge in [-0.25, -0.2) is 0 Å². The molecule has 1 aliphatic carbocycles. The summed E-state index contributed by atoms with van der Waals surface area (Å²) >= 11 is 0. The first-order valence-corrected chi connectivity index (χ1v) is 7.51. The molecule has 1 N–H and O–H groups in total. The van der Waals surface area contributed by atoms with Crippen LogP contribution in [0.5, 0.6) is 0 Å². The van der Waals surface area contributed by atoms with E-state index < -0.39 is 11.7 Å². The Morgan fingerprint density at radius 1 is 1.19 bits per heavy atom. The third-order valence-electron chi connectivity index (χ3n) is 4.31. The fraction of sp³-hybridized carbons (Fsp3) is 0.647. The van der Waals surface area contributed by atoms with Crippen LogP contribution in [0.4, 0.5) is 18.9 Å². The third-order valence-corrected chi connectivity index (χ3v) is 4.31. The molecule has 1 aromatic rings. The first kappa shape index (κ1) is 16.2. The molecule has 0 heterocycles. The van der Waals surface area contributed by atoms with Crippen LogP contribution in [0.2, 0.25) is 0 Å². The summed E-state index contributed by atoms with van der Waals surface area (Å²) < 4.78 is 38.5. The van der Waals surface area contributed by atoms with Gasteiger partial charge in [0.15, 0.2) is 0 Å². The molecule has 0 saturated heterocycles. The van der Waals surface area contributed by atoms with Crippen molar-refractivity contribution in [1.82, 2.24) is 0 Å². The van der Waals surface area contributed by atoms with Crippen LogP contribution < -0.4 is 5.32 Å². The summed E-state index contributed by atoms with van der Waals surface area (Å²) in [6, 6.07) is 4.17. The molecule has 1 nitrogen and oxygen atoms in total. The number of aryl methyl sites for hydroxylation is 1. The van der Waals surface area contributed by atoms with E-state index in [0.717, 1.165) is 24.5 Å². The molecule has 0 amide bonds. The van der Waals surface area contributed by atoms with Gasteiger partial charge in [0.25, 0.3) is 0 Å². The van der Waals surface area contributed by atoms with E-state index in [2.05, 4.69) is 26.1 Å². The van der Waals surface area contributed by atoms with Gasteiger partial charge in [0, 0.05) is 11.7 Å². The van der Waals surface area contributed by atoms with E-state index in [0.29, 0.717) is 11.6 Å². The molecule has 118 valence electrons. The Labute approximate surface area is 124 Å². The first-order chi connectivity index (χ1) is 9.57. The normalized spacial score (nSPS) is 25.7. The lowest BCUT2D eigenvalue weighted by Gasteiger charge is -2.40. The highest BCUT2D eigenvalue weighted by atomic mass is 19.4. The number of hydrogen-bond acceptors (Lipinski definition) is 1. The Kier molecular flexibility index (Phi) is 4.27. The number of halogens is 3. The van der Waals surface area contributed by atoms with Crippen LogP contribution in [-0.4, -0.2) is 6.04 Å². The summed E-state index contributed by atoms with van der Waals surface area (Å²) in [6.07, 6.45) is -1.11. The van der Waals surface area contributed by atoms with Crippen LogP contribution in [0.1, 0.15) is 51.2 Å². The molecule has 0 spiro atoms. The molecule has 2 unspecified atom stereocenters. The van der Waals surface area contributed by atoms with Crippen molar-refractivity contribution in [3.8, 4) is 0 Å². The molecule has 0 aromatic heterocycles. The summed E-state index contributed by atoms with van der Waals surface area (Å²) in [6.45, 7) is 8.53. The highest BCUT2D eigenvalue weighted by Gasteiger charge is 2.33. The van der Waals surface area contributed by atoms with Crippen molar-refractivity contribution in [2.24, 2.45) is 11.3 Å². The maximum Gasteiger partial charge on any atom is 0.416 e. The van der Waals surface area contributed by atoms with Crippen LogP contribution in [0.25, 0.3) is 0 Å². The Morgan fingerprint density at radius 3 is 2.43 bits per heavy atom. The van der Waals surface area contributed by atoms with Crippen molar-refractivity contribution in [1.29, 1.82) is 0 Å². The molecule has 0 bridgehead atoms. The number of alkyl halides is 3. The molecule has 2 rings (SSSR count). The molecular weight excluding hydrogens is 275 g/mol. The van der Waals surface area contributed by atoms with Crippen molar-refractivity contribution in [3.05, 3.63) is 29.3 Å². The zero-order chi connectivity index (χ0) is 15.8. The minimum atomic E-state index is -4.29. The molecule has 1 saturated carbocycles. The number of nitrogens with one attached hydrogen (secondary N) is 1. The first-order valence-electron chi connectivity index (χ1n) is 7.51. The second kappa shape index (κ2) is 5.54. The van der Waals surface area contributed by atoms with Crippen LogP contribution in [0.3, 0.4) is 0 Å². The van der Waals surface area contributed by atoms with Crippen LogP contribution in [-0.2, 0) is 6.18 Å². The van der Waals surface area contributed by atoms with Crippen molar-refractivity contribution in [2.75, 3.05) is 5.32 Å². The highest BCUT2D eigenvalue weighted by Crippen LogP contribution is 2.40. The summed E-state index contributed by atoms with van der Waals surface area (Å²) in [4.78, 5) is 0. The van der Waals surface area contributed by atoms with Gasteiger partial charge in [0.2, 0.25) is 0 Å². The standard InChI is InChI=1S/C17H24F3N/c1-11-7-14(10-16(3,4)9-11)21-15-8-13(17(18,19)20)6-5-12(15)2/h5-6,8,11,14,21H,7,9-10H2,1-4H3. The maximum atomic E-state index is 12.8. The SMILES string of the molecule is Cc1ccc(C(F)(F)F)cc1NC1CC(C)CC(C)(C)C1. The van der Waals surface area contributed by atoms with Gasteiger partial charge in [-0.2, -0.15) is 13.2 Å². The highest BCUT2D eigenvalue weighted by molar-refractivity contribution is 5.54. The van der Waals surface area contributed by atoms with Gasteiger partial charge in [-0.3, -0.25) is 0 Å².